The SMILES string of the molecule is CN(C(=O)OC(C)(C)C)c1cc(Nc2cccnc2OC2CC2)nc2c(C(=O)NC3C[C@@H]3O[Si](C)(C)C(C)(C)C)cnn12. The van der Waals surface area contributed by atoms with Crippen molar-refractivity contribution in [2.24, 2.45) is 0 Å². The monoisotopic (exact) mass is 609 g/mol. The Hall–Kier alpha value is -3.71. The molecule has 2 amide bonds. The van der Waals surface area contributed by atoms with Gasteiger partial charge in [0.1, 0.15) is 34.6 Å². The highest BCUT2D eigenvalue weighted by molar-refractivity contribution is 6.74. The molecule has 2 aliphatic rings. The molecule has 0 saturated heterocycles. The fourth-order valence-corrected chi connectivity index (χ4v) is 5.52. The second-order valence-electron chi connectivity index (χ2n) is 13.9. The van der Waals surface area contributed by atoms with Crippen molar-refractivity contribution in [2.75, 3.05) is 17.3 Å². The molecule has 0 radical (unpaired) electrons. The first-order chi connectivity index (χ1) is 20.0. The molecular weight excluding hydrogens is 566 g/mol. The molecular formula is C30H43N7O5Si. The number of amides is 2. The molecule has 3 aromatic heterocycles. The Balaban J connectivity index is 1.44. The Labute approximate surface area is 253 Å². The summed E-state index contributed by atoms with van der Waals surface area (Å²) < 4.78 is 19.5. The number of carbonyl (C=O) groups excluding carboxylic acids is 2. The zero-order chi connectivity index (χ0) is 31.3. The zero-order valence-electron chi connectivity index (χ0n) is 26.5. The lowest BCUT2D eigenvalue weighted by Gasteiger charge is -2.36. The number of nitrogens with zero attached hydrogens (tertiary/aromatic N) is 5. The molecule has 3 aromatic rings. The van der Waals surface area contributed by atoms with Crippen LogP contribution in [0.15, 0.2) is 30.6 Å². The van der Waals surface area contributed by atoms with E-state index in [9.17, 15) is 9.59 Å². The van der Waals surface area contributed by atoms with Gasteiger partial charge in [-0.1, -0.05) is 20.8 Å². The Kier molecular flexibility index (Phi) is 7.93. The smallest absolute Gasteiger partial charge is 0.415 e. The van der Waals surface area contributed by atoms with Crippen LogP contribution in [-0.2, 0) is 9.16 Å². The molecule has 13 heteroatoms. The van der Waals surface area contributed by atoms with Crippen molar-refractivity contribution in [1.82, 2.24) is 24.9 Å². The van der Waals surface area contributed by atoms with Crippen molar-refractivity contribution >= 4 is 43.3 Å². The van der Waals surface area contributed by atoms with Gasteiger partial charge in [-0.2, -0.15) is 9.61 Å². The Morgan fingerprint density at radius 2 is 1.86 bits per heavy atom. The standard InChI is InChI=1S/C30H43N7O5Si/c1-29(2,3)41-28(39)36(7)24-16-23(33-20-11-10-14-31-27(20)40-18-12-13-18)35-25-19(17-32-37(24)25)26(38)34-21-15-22(21)42-43(8,9)30(4,5)6/h10-11,14,16-18,21-22H,12-13,15H2,1-9H3,(H,33,35)(H,34,38)/t21?,22-/m0/s1. The molecule has 0 aliphatic heterocycles. The Morgan fingerprint density at radius 3 is 2.51 bits per heavy atom. The van der Waals surface area contributed by atoms with E-state index in [1.807, 2.05) is 6.07 Å². The molecule has 0 spiro atoms. The lowest BCUT2D eigenvalue weighted by Crippen LogP contribution is -2.42. The van der Waals surface area contributed by atoms with Gasteiger partial charge in [0.2, 0.25) is 5.88 Å². The fraction of sp³-hybridized carbons (Fsp3) is 0.567. The van der Waals surface area contributed by atoms with E-state index in [4.69, 9.17) is 18.9 Å². The molecule has 1 unspecified atom stereocenters. The second-order valence-corrected chi connectivity index (χ2v) is 18.6. The van der Waals surface area contributed by atoms with Crippen LogP contribution in [0.3, 0.4) is 0 Å². The minimum absolute atomic E-state index is 0.0128. The Morgan fingerprint density at radius 1 is 1.14 bits per heavy atom. The first kappa shape index (κ1) is 30.7. The topological polar surface area (TPSA) is 132 Å². The van der Waals surface area contributed by atoms with Crippen LogP contribution in [0, 0.1) is 0 Å². The van der Waals surface area contributed by atoms with E-state index < -0.39 is 20.0 Å². The molecule has 5 rings (SSSR count). The lowest BCUT2D eigenvalue weighted by atomic mass is 10.2. The predicted molar refractivity (Wildman–Crippen MR) is 167 cm³/mol. The number of ether oxygens (including phenoxy) is 2. The summed E-state index contributed by atoms with van der Waals surface area (Å²) in [5, 5.41) is 10.9. The molecule has 3 heterocycles. The van der Waals surface area contributed by atoms with Gasteiger partial charge in [-0.15, -0.1) is 0 Å². The lowest BCUT2D eigenvalue weighted by molar-refractivity contribution is 0.0587. The van der Waals surface area contributed by atoms with E-state index >= 15 is 0 Å². The summed E-state index contributed by atoms with van der Waals surface area (Å²) in [7, 11) is -0.375. The third-order valence-corrected chi connectivity index (χ3v) is 12.4. The second kappa shape index (κ2) is 11.1. The molecule has 232 valence electrons. The summed E-state index contributed by atoms with van der Waals surface area (Å²) in [6.07, 6.45) is 5.43. The molecule has 0 bridgehead atoms. The maximum absolute atomic E-state index is 13.5. The normalized spacial score (nSPS) is 18.7. The maximum atomic E-state index is 13.5. The van der Waals surface area contributed by atoms with Crippen LogP contribution >= 0.6 is 0 Å². The average Bonchev–Trinajstić information content (AvgIpc) is 3.80. The zero-order valence-corrected chi connectivity index (χ0v) is 27.5. The van der Waals surface area contributed by atoms with E-state index in [0.717, 1.165) is 19.3 Å². The van der Waals surface area contributed by atoms with Crippen LogP contribution < -0.4 is 20.3 Å². The van der Waals surface area contributed by atoms with Crippen LogP contribution in [0.1, 0.15) is 71.2 Å². The first-order valence-corrected chi connectivity index (χ1v) is 17.7. The van der Waals surface area contributed by atoms with Crippen molar-refractivity contribution in [1.29, 1.82) is 0 Å². The maximum Gasteiger partial charge on any atom is 0.415 e. The van der Waals surface area contributed by atoms with E-state index in [0.29, 0.717) is 23.2 Å². The van der Waals surface area contributed by atoms with Crippen LogP contribution in [0.4, 0.5) is 22.1 Å². The van der Waals surface area contributed by atoms with Gasteiger partial charge in [0.15, 0.2) is 14.0 Å². The van der Waals surface area contributed by atoms with Crippen LogP contribution in [0.5, 0.6) is 5.88 Å². The van der Waals surface area contributed by atoms with Gasteiger partial charge in [-0.25, -0.2) is 14.8 Å². The number of rotatable bonds is 9. The first-order valence-electron chi connectivity index (χ1n) is 14.8. The minimum Gasteiger partial charge on any atom is -0.473 e. The third-order valence-electron chi connectivity index (χ3n) is 7.85. The van der Waals surface area contributed by atoms with Crippen molar-refractivity contribution in [3.63, 3.8) is 0 Å². The van der Waals surface area contributed by atoms with Crippen LogP contribution in [0.25, 0.3) is 5.65 Å². The molecule has 0 aromatic carbocycles. The van der Waals surface area contributed by atoms with E-state index in [1.165, 1.54) is 15.6 Å². The fourth-order valence-electron chi connectivity index (χ4n) is 4.15. The van der Waals surface area contributed by atoms with Gasteiger partial charge in [0.25, 0.3) is 5.91 Å². The average molecular weight is 610 g/mol. The van der Waals surface area contributed by atoms with Crippen molar-refractivity contribution in [2.45, 2.75) is 103 Å². The number of carbonyl (C=O) groups is 2. The molecule has 2 atom stereocenters. The summed E-state index contributed by atoms with van der Waals surface area (Å²) in [5.41, 5.74) is 0.475. The number of hydrogen-bond acceptors (Lipinski definition) is 9. The largest absolute Gasteiger partial charge is 0.473 e. The summed E-state index contributed by atoms with van der Waals surface area (Å²) in [6.45, 7) is 16.4. The molecule has 43 heavy (non-hydrogen) atoms. The van der Waals surface area contributed by atoms with E-state index in [1.54, 1.807) is 46.1 Å². The van der Waals surface area contributed by atoms with Crippen molar-refractivity contribution in [3.8, 4) is 5.88 Å². The summed E-state index contributed by atoms with van der Waals surface area (Å²) >= 11 is 0. The van der Waals surface area contributed by atoms with Gasteiger partial charge in [-0.05, 0) is 70.3 Å². The van der Waals surface area contributed by atoms with E-state index in [-0.39, 0.29) is 40.4 Å². The molecule has 2 N–H and O–H groups in total. The summed E-state index contributed by atoms with van der Waals surface area (Å²) in [5.74, 6) is 0.893. The third kappa shape index (κ3) is 7.10. The van der Waals surface area contributed by atoms with Crippen LogP contribution in [0.2, 0.25) is 18.1 Å². The van der Waals surface area contributed by atoms with Crippen LogP contribution in [-0.4, -0.2) is 70.8 Å². The summed E-state index contributed by atoms with van der Waals surface area (Å²) in [4.78, 5) is 37.1. The quantitative estimate of drug-likeness (QED) is 0.294. The highest BCUT2D eigenvalue weighted by atomic mass is 28.4. The Bertz CT molecular complexity index is 1520. The summed E-state index contributed by atoms with van der Waals surface area (Å²) in [6, 6.07) is 5.22. The number of fused-ring (bicyclic) bond motifs is 1. The highest BCUT2D eigenvalue weighted by Gasteiger charge is 2.47. The molecule has 2 aliphatic carbocycles. The van der Waals surface area contributed by atoms with Gasteiger partial charge in [-0.3, -0.25) is 9.69 Å². The van der Waals surface area contributed by atoms with E-state index in [2.05, 4.69) is 54.6 Å². The van der Waals surface area contributed by atoms with Gasteiger partial charge in [0.05, 0.1) is 18.3 Å². The van der Waals surface area contributed by atoms with Gasteiger partial charge in [0, 0.05) is 19.3 Å². The van der Waals surface area contributed by atoms with Crippen molar-refractivity contribution in [3.05, 3.63) is 36.2 Å². The molecule has 2 saturated carbocycles. The predicted octanol–water partition coefficient (Wildman–Crippen LogP) is 5.67. The minimum atomic E-state index is -1.97. The van der Waals surface area contributed by atoms with Gasteiger partial charge >= 0.3 is 6.09 Å². The molecule has 12 nitrogen and oxygen atoms in total. The number of nitrogens with one attached hydrogen (secondary N) is 2. The number of hydrogen-bond donors (Lipinski definition) is 2. The van der Waals surface area contributed by atoms with Gasteiger partial charge < -0.3 is 24.5 Å². The van der Waals surface area contributed by atoms with Crippen molar-refractivity contribution < 1.29 is 23.5 Å². The molecule has 2 fully saturated rings. The highest BCUT2D eigenvalue weighted by Crippen LogP contribution is 2.41. The number of pyridine rings is 1. The number of anilines is 3. The number of aromatic nitrogens is 4.